The number of imidazole rings is 1. The molecule has 1 saturated carbocycles. The number of H-pyrrole nitrogens is 1. The molecule has 3 aliphatic rings. The highest BCUT2D eigenvalue weighted by Crippen LogP contribution is 2.36. The molecule has 0 unspecified atom stereocenters. The van der Waals surface area contributed by atoms with Gasteiger partial charge < -0.3 is 24.8 Å². The highest BCUT2D eigenvalue weighted by molar-refractivity contribution is 5.69. The van der Waals surface area contributed by atoms with Crippen LogP contribution in [0.15, 0.2) is 48.8 Å². The van der Waals surface area contributed by atoms with Crippen LogP contribution >= 0.6 is 0 Å². The van der Waals surface area contributed by atoms with Crippen LogP contribution in [0.2, 0.25) is 0 Å². The summed E-state index contributed by atoms with van der Waals surface area (Å²) in [5.41, 5.74) is 0.833. The average Bonchev–Trinajstić information content (AvgIpc) is 3.30. The zero-order chi connectivity index (χ0) is 31.3. The normalized spacial score (nSPS) is 23.1. The molecule has 2 aliphatic heterocycles. The van der Waals surface area contributed by atoms with Crippen LogP contribution in [0.1, 0.15) is 42.8 Å². The van der Waals surface area contributed by atoms with Crippen LogP contribution < -0.4 is 15.4 Å². The van der Waals surface area contributed by atoms with Gasteiger partial charge >= 0.3 is 12.3 Å². The Morgan fingerprint density at radius 1 is 1.20 bits per heavy atom. The molecule has 1 aliphatic carbocycles. The number of alkyl carbamates (subject to hydrolysis) is 1. The maximum atomic E-state index is 15.1. The molecular weight excluding hydrogens is 600 g/mol. The van der Waals surface area contributed by atoms with Crippen molar-refractivity contribution in [2.45, 2.75) is 62.5 Å². The van der Waals surface area contributed by atoms with Gasteiger partial charge in [0.1, 0.15) is 23.6 Å². The smallest absolute Gasteiger partial charge is 0.416 e. The first-order valence-corrected chi connectivity index (χ1v) is 14.5. The number of carbonyl (C=O) groups is 1. The van der Waals surface area contributed by atoms with Gasteiger partial charge in [-0.25, -0.2) is 19.2 Å². The number of hydrogen-bond donors (Lipinski definition) is 3. The van der Waals surface area contributed by atoms with Crippen molar-refractivity contribution in [1.82, 2.24) is 34.8 Å². The molecule has 5 heterocycles. The lowest BCUT2D eigenvalue weighted by Crippen LogP contribution is -2.53. The summed E-state index contributed by atoms with van der Waals surface area (Å²) in [6.45, 7) is 3.57. The Morgan fingerprint density at radius 3 is 2.71 bits per heavy atom. The lowest BCUT2D eigenvalue weighted by molar-refractivity contribution is -0.137. The Bertz CT molecular complexity index is 1680. The first-order valence-electron chi connectivity index (χ1n) is 14.5. The highest BCUT2D eigenvalue weighted by Gasteiger charge is 2.44. The average molecular weight is 631 g/mol. The van der Waals surface area contributed by atoms with Crippen LogP contribution in [-0.2, 0) is 22.2 Å². The number of fused-ring (bicyclic) bond motifs is 1. The van der Waals surface area contributed by atoms with E-state index in [1.165, 1.54) is 12.1 Å². The molecule has 238 valence electrons. The largest absolute Gasteiger partial charge is 0.488 e. The lowest BCUT2D eigenvalue weighted by Gasteiger charge is -2.38. The van der Waals surface area contributed by atoms with E-state index >= 15 is 4.39 Å². The molecule has 0 bridgehead atoms. The van der Waals surface area contributed by atoms with Crippen molar-refractivity contribution < 1.29 is 36.6 Å². The third-order valence-corrected chi connectivity index (χ3v) is 8.12. The van der Waals surface area contributed by atoms with Crippen molar-refractivity contribution in [2.75, 3.05) is 25.0 Å². The van der Waals surface area contributed by atoms with Gasteiger partial charge in [-0.15, -0.1) is 0 Å². The molecule has 3 fully saturated rings. The van der Waals surface area contributed by atoms with E-state index < -0.39 is 36.2 Å². The molecule has 0 spiro atoms. The highest BCUT2D eigenvalue weighted by atomic mass is 19.4. The Labute approximate surface area is 254 Å². The molecule has 0 radical (unpaired) electrons. The van der Waals surface area contributed by atoms with E-state index in [4.69, 9.17) is 14.2 Å². The number of aromatic nitrogens is 5. The van der Waals surface area contributed by atoms with Crippen LogP contribution in [0.3, 0.4) is 0 Å². The number of alkyl halides is 4. The number of aromatic amines is 1. The molecular formula is C29H30F4N8O4. The molecule has 2 saturated heterocycles. The van der Waals surface area contributed by atoms with Crippen molar-refractivity contribution in [3.05, 3.63) is 65.7 Å². The van der Waals surface area contributed by atoms with Gasteiger partial charge in [0.25, 0.3) is 0 Å². The molecule has 1 aromatic carbocycles. The van der Waals surface area contributed by atoms with Crippen molar-refractivity contribution in [3.63, 3.8) is 0 Å². The first kappa shape index (κ1) is 29.3. The lowest BCUT2D eigenvalue weighted by atomic mass is 10.1. The topological polar surface area (TPSA) is 131 Å². The Morgan fingerprint density at radius 2 is 1.98 bits per heavy atom. The molecule has 3 aromatic heterocycles. The van der Waals surface area contributed by atoms with Crippen LogP contribution in [0.25, 0.3) is 5.65 Å². The maximum Gasteiger partial charge on any atom is 0.416 e. The minimum atomic E-state index is -4.38. The van der Waals surface area contributed by atoms with Crippen molar-refractivity contribution in [1.29, 1.82) is 0 Å². The minimum Gasteiger partial charge on any atom is -0.488 e. The van der Waals surface area contributed by atoms with Gasteiger partial charge in [-0.3, -0.25) is 14.4 Å². The summed E-state index contributed by atoms with van der Waals surface area (Å²) in [6, 6.07) is 8.05. The van der Waals surface area contributed by atoms with E-state index in [1.807, 2.05) is 13.1 Å². The third-order valence-electron chi connectivity index (χ3n) is 8.12. The molecule has 1 amide bonds. The zero-order valence-corrected chi connectivity index (χ0v) is 24.1. The number of rotatable bonds is 9. The number of anilines is 2. The summed E-state index contributed by atoms with van der Waals surface area (Å²) < 4.78 is 71.9. The number of likely N-dealkylation sites (tertiary alicyclic amines) is 1. The fraction of sp³-hybridized carbons (Fsp3) is 0.448. The van der Waals surface area contributed by atoms with Gasteiger partial charge in [-0.05, 0) is 50.1 Å². The molecule has 12 nitrogen and oxygen atoms in total. The fourth-order valence-electron chi connectivity index (χ4n) is 5.33. The number of benzene rings is 1. The summed E-state index contributed by atoms with van der Waals surface area (Å²) in [4.78, 5) is 23.3. The van der Waals surface area contributed by atoms with Crippen molar-refractivity contribution in [3.8, 4) is 5.75 Å². The Balaban J connectivity index is 0.931. The SMILES string of the molecule is CC1(NC(=O)O[C@H]2CO[C@@H](c3cc(Nc4nccc5nc(CN6CC(Oc7ccc(C(F)(F)F)cc7)C6)cn45)n[nH]3)[C@H]2F)CC1. The van der Waals surface area contributed by atoms with Crippen LogP contribution in [0.5, 0.6) is 5.75 Å². The van der Waals surface area contributed by atoms with Gasteiger partial charge in [0, 0.05) is 43.6 Å². The maximum absolute atomic E-state index is 15.1. The summed E-state index contributed by atoms with van der Waals surface area (Å²) in [5, 5.41) is 12.9. The van der Waals surface area contributed by atoms with E-state index in [0.29, 0.717) is 48.5 Å². The summed E-state index contributed by atoms with van der Waals surface area (Å²) in [6.07, 6.45) is -3.58. The summed E-state index contributed by atoms with van der Waals surface area (Å²) >= 11 is 0. The van der Waals surface area contributed by atoms with E-state index in [0.717, 1.165) is 30.7 Å². The number of carbonyl (C=O) groups excluding carboxylic acids is 1. The molecule has 16 heteroatoms. The molecule has 4 aromatic rings. The number of halogens is 4. The predicted molar refractivity (Wildman–Crippen MR) is 151 cm³/mol. The second-order valence-electron chi connectivity index (χ2n) is 11.8. The van der Waals surface area contributed by atoms with E-state index in [-0.39, 0.29) is 18.2 Å². The summed E-state index contributed by atoms with van der Waals surface area (Å²) in [5.74, 6) is 1.21. The van der Waals surface area contributed by atoms with E-state index in [2.05, 4.69) is 35.7 Å². The molecule has 45 heavy (non-hydrogen) atoms. The monoisotopic (exact) mass is 630 g/mol. The second kappa shape index (κ2) is 11.2. The van der Waals surface area contributed by atoms with Gasteiger partial charge in [0.15, 0.2) is 18.1 Å². The molecule has 3 atom stereocenters. The van der Waals surface area contributed by atoms with E-state index in [1.54, 1.807) is 22.7 Å². The number of ether oxygens (including phenoxy) is 3. The summed E-state index contributed by atoms with van der Waals surface area (Å²) in [7, 11) is 0. The number of amides is 1. The van der Waals surface area contributed by atoms with Gasteiger partial charge in [0.05, 0.1) is 23.6 Å². The fourth-order valence-corrected chi connectivity index (χ4v) is 5.33. The third kappa shape index (κ3) is 6.38. The minimum absolute atomic E-state index is 0.0740. The van der Waals surface area contributed by atoms with E-state index in [9.17, 15) is 18.0 Å². The first-order chi connectivity index (χ1) is 21.5. The molecule has 7 rings (SSSR count). The van der Waals surface area contributed by atoms with Gasteiger partial charge in [0.2, 0.25) is 5.95 Å². The van der Waals surface area contributed by atoms with Gasteiger partial charge in [-0.1, -0.05) is 0 Å². The standard InChI is InChI=1S/C29H30F4N8O4/c1-28(7-8-28)37-27(42)45-21-15-43-25(24(21)30)20-10-22(39-38-20)36-26-34-9-6-23-35-17(12-41(23)26)11-40-13-19(14-40)44-18-4-2-16(3-5-18)29(31,32)33/h2-6,9-10,12,19,21,24-25H,7-8,11,13-15H2,1H3,(H,37,42)(H2,34,36,38,39)/t21-,24-,25-/m0/s1. The number of hydrogen-bond acceptors (Lipinski definition) is 9. The van der Waals surface area contributed by atoms with Crippen LogP contribution in [0, 0.1) is 0 Å². The van der Waals surface area contributed by atoms with Gasteiger partial charge in [-0.2, -0.15) is 18.3 Å². The zero-order valence-electron chi connectivity index (χ0n) is 24.1. The van der Waals surface area contributed by atoms with Crippen LogP contribution in [0.4, 0.5) is 34.1 Å². The quantitative estimate of drug-likeness (QED) is 0.228. The Kier molecular flexibility index (Phi) is 7.27. The van der Waals surface area contributed by atoms with Crippen molar-refractivity contribution >= 4 is 23.5 Å². The van der Waals surface area contributed by atoms with Crippen LogP contribution in [-0.4, -0.2) is 79.2 Å². The Hall–Kier alpha value is -4.44. The number of nitrogens with one attached hydrogen (secondary N) is 3. The molecule has 3 N–H and O–H groups in total. The van der Waals surface area contributed by atoms with Crippen molar-refractivity contribution in [2.24, 2.45) is 0 Å². The number of nitrogens with zero attached hydrogens (tertiary/aromatic N) is 5. The predicted octanol–water partition coefficient (Wildman–Crippen LogP) is 4.53. The second-order valence-corrected chi connectivity index (χ2v) is 11.8.